The highest BCUT2D eigenvalue weighted by Crippen LogP contribution is 2.43. The fraction of sp³-hybridized carbons (Fsp3) is 0.643. The van der Waals surface area contributed by atoms with Crippen LogP contribution in [0.2, 0.25) is 0 Å². The Hall–Kier alpha value is -2.35. The Kier molecular flexibility index (Phi) is 14.4. The molecular formula is C28H48N6OS. The standard InChI is InChI=1S/C28H48N6OS/c1-11-22(3)17-26(35-10)33(9)21-34(27(32-29-8)25-13-15-28(6,7)18-25)36-24(5)14-16-31-20-23(4)19-30-12-2/h16-17,19-20,24-25H,3,8,11-15,18,21H2,1-2,4-7,9-10H3/b23-20-,26-17+,30-19-,31-16+,32-27-. The van der Waals surface area contributed by atoms with Crippen LogP contribution in [0.5, 0.6) is 0 Å². The van der Waals surface area contributed by atoms with Gasteiger partial charge in [0.1, 0.15) is 12.5 Å². The molecule has 1 saturated carbocycles. The number of amidine groups is 1. The monoisotopic (exact) mass is 516 g/mol. The SMILES string of the molecule is C=N/N=C(/C1CCC(C)(C)C1)N(CN(C)/C(=C\C(=C)CC)OC)SC(C)C/C=N/C=C(C)\C=N/CC. The topological polar surface area (TPSA) is 65.2 Å². The Labute approximate surface area is 224 Å². The predicted octanol–water partition coefficient (Wildman–Crippen LogP) is 6.96. The molecule has 1 rings (SSSR count). The van der Waals surface area contributed by atoms with Crippen LogP contribution in [-0.2, 0) is 4.74 Å². The highest BCUT2D eigenvalue weighted by molar-refractivity contribution is 7.98. The van der Waals surface area contributed by atoms with E-state index < -0.39 is 0 Å². The average molecular weight is 517 g/mol. The summed E-state index contributed by atoms with van der Waals surface area (Å²) in [5, 5.41) is 8.81. The molecule has 0 amide bonds. The second kappa shape index (κ2) is 16.4. The molecule has 0 aromatic carbocycles. The van der Waals surface area contributed by atoms with Crippen molar-refractivity contribution < 1.29 is 4.74 Å². The van der Waals surface area contributed by atoms with E-state index in [9.17, 15) is 0 Å². The second-order valence-corrected chi connectivity index (χ2v) is 11.6. The van der Waals surface area contributed by atoms with E-state index in [-0.39, 0.29) is 5.25 Å². The first-order chi connectivity index (χ1) is 17.1. The number of hydrogen-bond acceptors (Lipinski definition) is 7. The van der Waals surface area contributed by atoms with Gasteiger partial charge in [0.2, 0.25) is 0 Å². The van der Waals surface area contributed by atoms with Gasteiger partial charge in [-0.25, -0.2) is 0 Å². The number of allylic oxidation sites excluding steroid dienone is 3. The molecule has 0 aromatic rings. The number of rotatable bonds is 15. The molecule has 8 heteroatoms. The molecule has 0 aliphatic heterocycles. The minimum Gasteiger partial charge on any atom is -0.482 e. The van der Waals surface area contributed by atoms with Crippen LogP contribution in [0.15, 0.2) is 56.1 Å². The van der Waals surface area contributed by atoms with Gasteiger partial charge in [-0.1, -0.05) is 39.8 Å². The molecule has 0 heterocycles. The minimum absolute atomic E-state index is 0.283. The Morgan fingerprint density at radius 1 is 1.31 bits per heavy atom. The maximum atomic E-state index is 5.69. The lowest BCUT2D eigenvalue weighted by Gasteiger charge is -2.34. The van der Waals surface area contributed by atoms with Crippen LogP contribution in [0.4, 0.5) is 0 Å². The summed E-state index contributed by atoms with van der Waals surface area (Å²) in [6, 6.07) is 0. The highest BCUT2D eigenvalue weighted by Gasteiger charge is 2.37. The Bertz CT molecular complexity index is 858. The van der Waals surface area contributed by atoms with Gasteiger partial charge in [0.05, 0.1) is 7.11 Å². The largest absolute Gasteiger partial charge is 0.482 e. The molecule has 0 N–H and O–H groups in total. The van der Waals surface area contributed by atoms with E-state index in [1.807, 2.05) is 45.6 Å². The van der Waals surface area contributed by atoms with Crippen molar-refractivity contribution in [3.8, 4) is 0 Å². The van der Waals surface area contributed by atoms with Crippen LogP contribution >= 0.6 is 11.9 Å². The zero-order valence-corrected chi connectivity index (χ0v) is 24.6. The third kappa shape index (κ3) is 11.6. The van der Waals surface area contributed by atoms with Crippen molar-refractivity contribution in [1.29, 1.82) is 0 Å². The maximum absolute atomic E-state index is 5.69. The molecule has 0 saturated heterocycles. The fourth-order valence-corrected chi connectivity index (χ4v) is 5.14. The molecule has 1 aliphatic carbocycles. The van der Waals surface area contributed by atoms with Crippen molar-refractivity contribution in [2.24, 2.45) is 31.5 Å². The lowest BCUT2D eigenvalue weighted by Crippen LogP contribution is -2.39. The van der Waals surface area contributed by atoms with Crippen LogP contribution < -0.4 is 0 Å². The number of methoxy groups -OCH3 is 1. The van der Waals surface area contributed by atoms with Gasteiger partial charge in [-0.2, -0.15) is 5.10 Å². The summed E-state index contributed by atoms with van der Waals surface area (Å²) >= 11 is 1.76. The maximum Gasteiger partial charge on any atom is 0.190 e. The van der Waals surface area contributed by atoms with E-state index in [1.165, 1.54) is 6.42 Å². The quantitative estimate of drug-likeness (QED) is 0.0449. The molecule has 202 valence electrons. The average Bonchev–Trinajstić information content (AvgIpc) is 3.20. The number of hydrogen-bond donors (Lipinski definition) is 0. The van der Waals surface area contributed by atoms with E-state index in [0.717, 1.165) is 55.1 Å². The summed E-state index contributed by atoms with van der Waals surface area (Å²) in [7, 11) is 3.73. The highest BCUT2D eigenvalue weighted by atomic mass is 32.2. The van der Waals surface area contributed by atoms with E-state index in [2.05, 4.69) is 70.4 Å². The molecule has 7 nitrogen and oxygen atoms in total. The lowest BCUT2D eigenvalue weighted by molar-refractivity contribution is 0.158. The third-order valence-corrected chi connectivity index (χ3v) is 7.19. The summed E-state index contributed by atoms with van der Waals surface area (Å²) in [6.07, 6.45) is 12.7. The molecule has 0 bridgehead atoms. The van der Waals surface area contributed by atoms with Crippen LogP contribution in [0, 0.1) is 11.3 Å². The predicted molar refractivity (Wildman–Crippen MR) is 160 cm³/mol. The molecule has 1 aliphatic rings. The van der Waals surface area contributed by atoms with Crippen molar-refractivity contribution in [2.75, 3.05) is 27.4 Å². The van der Waals surface area contributed by atoms with Crippen LogP contribution in [0.25, 0.3) is 0 Å². The van der Waals surface area contributed by atoms with E-state index >= 15 is 0 Å². The van der Waals surface area contributed by atoms with Crippen molar-refractivity contribution in [2.45, 2.75) is 78.9 Å². The summed E-state index contributed by atoms with van der Waals surface area (Å²) < 4.78 is 7.95. The van der Waals surface area contributed by atoms with Gasteiger partial charge in [-0.3, -0.25) is 14.3 Å². The van der Waals surface area contributed by atoms with Gasteiger partial charge in [0.25, 0.3) is 0 Å². The van der Waals surface area contributed by atoms with Crippen LogP contribution in [0.1, 0.15) is 73.6 Å². The second-order valence-electron chi connectivity index (χ2n) is 10.1. The summed E-state index contributed by atoms with van der Waals surface area (Å²) in [5.74, 6) is 2.09. The number of ether oxygens (including phenoxy) is 1. The van der Waals surface area contributed by atoms with Crippen LogP contribution in [0.3, 0.4) is 0 Å². The summed E-state index contributed by atoms with van der Waals surface area (Å²) in [4.78, 5) is 10.8. The van der Waals surface area contributed by atoms with Crippen molar-refractivity contribution in [3.63, 3.8) is 0 Å². The molecule has 1 fully saturated rings. The molecule has 0 spiro atoms. The van der Waals surface area contributed by atoms with Gasteiger partial charge in [-0.15, -0.1) is 5.10 Å². The molecular weight excluding hydrogens is 468 g/mol. The van der Waals surface area contributed by atoms with Gasteiger partial charge in [0, 0.05) is 56.2 Å². The minimum atomic E-state index is 0.283. The normalized spacial score (nSPS) is 19.7. The zero-order chi connectivity index (χ0) is 27.1. The summed E-state index contributed by atoms with van der Waals surface area (Å²) in [6.45, 7) is 22.2. The smallest absolute Gasteiger partial charge is 0.190 e. The molecule has 2 atom stereocenters. The van der Waals surface area contributed by atoms with Gasteiger partial charge >= 0.3 is 0 Å². The third-order valence-electron chi connectivity index (χ3n) is 6.08. The Morgan fingerprint density at radius 2 is 2.03 bits per heavy atom. The first kappa shape index (κ1) is 31.7. The van der Waals surface area contributed by atoms with E-state index in [0.29, 0.717) is 18.0 Å². The van der Waals surface area contributed by atoms with Crippen molar-refractivity contribution in [3.05, 3.63) is 35.9 Å². The van der Waals surface area contributed by atoms with Gasteiger partial charge < -0.3 is 9.64 Å². The summed E-state index contributed by atoms with van der Waals surface area (Å²) in [5.41, 5.74) is 2.36. The van der Waals surface area contributed by atoms with E-state index in [1.54, 1.807) is 19.1 Å². The molecule has 0 radical (unpaired) electrons. The van der Waals surface area contributed by atoms with Gasteiger partial charge in [-0.05, 0) is 68.9 Å². The molecule has 0 aromatic heterocycles. The Morgan fingerprint density at radius 3 is 2.58 bits per heavy atom. The van der Waals surface area contributed by atoms with Crippen LogP contribution in [-0.4, -0.2) is 66.8 Å². The van der Waals surface area contributed by atoms with Crippen molar-refractivity contribution in [1.82, 2.24) is 9.21 Å². The molecule has 36 heavy (non-hydrogen) atoms. The van der Waals surface area contributed by atoms with Gasteiger partial charge in [0.15, 0.2) is 5.88 Å². The number of nitrogens with zero attached hydrogens (tertiary/aromatic N) is 6. The Balaban J connectivity index is 3.11. The van der Waals surface area contributed by atoms with E-state index in [4.69, 9.17) is 4.74 Å². The first-order valence-corrected chi connectivity index (χ1v) is 13.7. The lowest BCUT2D eigenvalue weighted by atomic mass is 9.90. The fourth-order valence-electron chi connectivity index (χ4n) is 4.00. The first-order valence-electron chi connectivity index (χ1n) is 12.9. The number of aliphatic imine (C=N–C) groups is 2. The zero-order valence-electron chi connectivity index (χ0n) is 23.8. The molecule has 2 unspecified atom stereocenters. The van der Waals surface area contributed by atoms with Crippen molar-refractivity contribution >= 4 is 36.9 Å².